The summed E-state index contributed by atoms with van der Waals surface area (Å²) in [5.41, 5.74) is 0. The Kier molecular flexibility index (Phi) is 7.64. The molecule has 0 atom stereocenters. The van der Waals surface area contributed by atoms with Crippen LogP contribution in [0.2, 0.25) is 0 Å². The van der Waals surface area contributed by atoms with Crippen molar-refractivity contribution >= 4 is 17.8 Å². The van der Waals surface area contributed by atoms with Crippen LogP contribution < -0.4 is 15.5 Å². The van der Waals surface area contributed by atoms with E-state index < -0.39 is 0 Å². The first-order valence-corrected chi connectivity index (χ1v) is 7.19. The largest absolute Gasteiger partial charge is 0.396 e. The maximum Gasteiger partial charge on any atom is 0.231 e. The fourth-order valence-electron chi connectivity index (χ4n) is 1.67. The molecule has 1 aromatic rings. The lowest BCUT2D eigenvalue weighted by Gasteiger charge is -2.13. The van der Waals surface area contributed by atoms with Crippen LogP contribution in [0.5, 0.6) is 0 Å². The van der Waals surface area contributed by atoms with Gasteiger partial charge in [-0.25, -0.2) is 0 Å². The van der Waals surface area contributed by atoms with E-state index in [1.165, 1.54) is 0 Å². The van der Waals surface area contributed by atoms with Crippen molar-refractivity contribution in [3.05, 3.63) is 0 Å². The Balaban J connectivity index is 2.50. The molecule has 7 heteroatoms. The minimum Gasteiger partial charge on any atom is -0.396 e. The number of aliphatic hydroxyl groups is 1. The van der Waals surface area contributed by atoms with Gasteiger partial charge in [0.25, 0.3) is 0 Å². The van der Waals surface area contributed by atoms with Gasteiger partial charge in [-0.2, -0.15) is 15.0 Å². The van der Waals surface area contributed by atoms with Crippen LogP contribution in [0.25, 0.3) is 0 Å². The molecule has 3 N–H and O–H groups in total. The van der Waals surface area contributed by atoms with Gasteiger partial charge in [-0.1, -0.05) is 12.8 Å². The van der Waals surface area contributed by atoms with Crippen LogP contribution >= 0.6 is 0 Å². The highest BCUT2D eigenvalue weighted by Crippen LogP contribution is 2.11. The maximum atomic E-state index is 8.71. The van der Waals surface area contributed by atoms with Crippen LogP contribution in [0.15, 0.2) is 0 Å². The van der Waals surface area contributed by atoms with Crippen LogP contribution in [0.1, 0.15) is 32.6 Å². The average molecular weight is 282 g/mol. The van der Waals surface area contributed by atoms with Crippen LogP contribution in [0.4, 0.5) is 17.8 Å². The van der Waals surface area contributed by atoms with Crippen molar-refractivity contribution < 1.29 is 5.11 Å². The van der Waals surface area contributed by atoms with Gasteiger partial charge in [-0.15, -0.1) is 0 Å². The number of nitrogens with one attached hydrogen (secondary N) is 2. The number of unbranched alkanes of at least 4 members (excludes halogenated alkanes) is 3. The van der Waals surface area contributed by atoms with Crippen LogP contribution in [0.3, 0.4) is 0 Å². The fourth-order valence-corrected chi connectivity index (χ4v) is 1.67. The Morgan fingerprint density at radius 2 is 1.60 bits per heavy atom. The van der Waals surface area contributed by atoms with E-state index in [1.54, 1.807) is 0 Å². The normalized spacial score (nSPS) is 10.4. The Labute approximate surface area is 120 Å². The molecule has 0 unspecified atom stereocenters. The van der Waals surface area contributed by atoms with Crippen molar-refractivity contribution in [1.29, 1.82) is 0 Å². The molecule has 0 fully saturated rings. The number of hydrogen-bond donors (Lipinski definition) is 3. The van der Waals surface area contributed by atoms with E-state index in [0.29, 0.717) is 17.8 Å². The SMILES string of the molecule is CCNc1nc(NCCCCCCO)nc(N(C)C)n1. The summed E-state index contributed by atoms with van der Waals surface area (Å²) < 4.78 is 0. The summed E-state index contributed by atoms with van der Waals surface area (Å²) in [5.74, 6) is 1.83. The zero-order valence-electron chi connectivity index (χ0n) is 12.7. The smallest absolute Gasteiger partial charge is 0.231 e. The van der Waals surface area contributed by atoms with Crippen molar-refractivity contribution in [1.82, 2.24) is 15.0 Å². The van der Waals surface area contributed by atoms with Crippen LogP contribution in [-0.4, -0.2) is 53.9 Å². The zero-order chi connectivity index (χ0) is 14.8. The van der Waals surface area contributed by atoms with E-state index in [1.807, 2.05) is 25.9 Å². The molecule has 1 rings (SSSR count). The summed E-state index contributed by atoms with van der Waals surface area (Å²) in [5, 5.41) is 15.0. The van der Waals surface area contributed by atoms with E-state index in [9.17, 15) is 0 Å². The van der Waals surface area contributed by atoms with Crippen molar-refractivity contribution in [3.63, 3.8) is 0 Å². The Morgan fingerprint density at radius 1 is 0.950 bits per heavy atom. The highest BCUT2D eigenvalue weighted by Gasteiger charge is 2.07. The molecule has 0 aliphatic carbocycles. The summed E-state index contributed by atoms with van der Waals surface area (Å²) in [6, 6.07) is 0. The summed E-state index contributed by atoms with van der Waals surface area (Å²) in [6.07, 6.45) is 4.07. The van der Waals surface area contributed by atoms with Gasteiger partial charge in [0.05, 0.1) is 0 Å². The van der Waals surface area contributed by atoms with Gasteiger partial charge in [0.1, 0.15) is 0 Å². The molecule has 1 aromatic heterocycles. The van der Waals surface area contributed by atoms with Crippen molar-refractivity contribution in [2.75, 3.05) is 49.3 Å². The predicted octanol–water partition coefficient (Wildman–Crippen LogP) is 1.33. The highest BCUT2D eigenvalue weighted by atomic mass is 16.2. The molecule has 0 spiro atoms. The molecule has 0 radical (unpaired) electrons. The van der Waals surface area contributed by atoms with E-state index in [2.05, 4.69) is 25.6 Å². The van der Waals surface area contributed by atoms with Crippen molar-refractivity contribution in [2.24, 2.45) is 0 Å². The second-order valence-corrected chi connectivity index (χ2v) is 4.77. The lowest BCUT2D eigenvalue weighted by molar-refractivity contribution is 0.283. The van der Waals surface area contributed by atoms with E-state index in [-0.39, 0.29) is 6.61 Å². The minimum absolute atomic E-state index is 0.277. The molecule has 0 amide bonds. The van der Waals surface area contributed by atoms with Gasteiger partial charge in [-0.3, -0.25) is 0 Å². The molecule has 0 aromatic carbocycles. The standard InChI is InChI=1S/C13H26N6O/c1-4-14-11-16-12(18-13(17-11)19(2)3)15-9-7-5-6-8-10-20/h20H,4-10H2,1-3H3,(H2,14,15,16,17,18). The number of anilines is 3. The summed E-state index contributed by atoms with van der Waals surface area (Å²) in [4.78, 5) is 14.9. The first kappa shape index (κ1) is 16.4. The molecule has 0 aliphatic heterocycles. The lowest BCUT2D eigenvalue weighted by atomic mass is 10.2. The molecule has 114 valence electrons. The van der Waals surface area contributed by atoms with Gasteiger partial charge in [-0.05, 0) is 19.8 Å². The van der Waals surface area contributed by atoms with Crippen molar-refractivity contribution in [3.8, 4) is 0 Å². The second kappa shape index (κ2) is 9.30. The third-order valence-electron chi connectivity index (χ3n) is 2.73. The van der Waals surface area contributed by atoms with E-state index in [4.69, 9.17) is 5.11 Å². The number of aliphatic hydroxyl groups excluding tert-OH is 1. The molecule has 1 heterocycles. The molecule has 0 aliphatic rings. The van der Waals surface area contributed by atoms with E-state index >= 15 is 0 Å². The predicted molar refractivity (Wildman–Crippen MR) is 82.4 cm³/mol. The van der Waals surface area contributed by atoms with Crippen molar-refractivity contribution in [2.45, 2.75) is 32.6 Å². The highest BCUT2D eigenvalue weighted by molar-refractivity contribution is 5.42. The topological polar surface area (TPSA) is 86.2 Å². The summed E-state index contributed by atoms with van der Waals surface area (Å²) in [7, 11) is 3.81. The Hall–Kier alpha value is -1.63. The van der Waals surface area contributed by atoms with Crippen LogP contribution in [0, 0.1) is 0 Å². The zero-order valence-corrected chi connectivity index (χ0v) is 12.7. The number of nitrogens with zero attached hydrogens (tertiary/aromatic N) is 4. The Morgan fingerprint density at radius 3 is 2.20 bits per heavy atom. The maximum absolute atomic E-state index is 8.71. The van der Waals surface area contributed by atoms with Gasteiger partial charge in [0.15, 0.2) is 0 Å². The molecule has 20 heavy (non-hydrogen) atoms. The third kappa shape index (κ3) is 6.01. The molecule has 0 bridgehead atoms. The summed E-state index contributed by atoms with van der Waals surface area (Å²) in [6.45, 7) is 3.89. The first-order valence-electron chi connectivity index (χ1n) is 7.19. The Bertz CT molecular complexity index is 385. The molecule has 0 saturated carbocycles. The molecular formula is C13H26N6O. The van der Waals surface area contributed by atoms with Gasteiger partial charge in [0.2, 0.25) is 17.8 Å². The first-order chi connectivity index (χ1) is 9.67. The molecular weight excluding hydrogens is 256 g/mol. The van der Waals surface area contributed by atoms with Gasteiger partial charge < -0.3 is 20.6 Å². The monoisotopic (exact) mass is 282 g/mol. The molecule has 0 saturated heterocycles. The molecule has 7 nitrogen and oxygen atoms in total. The van der Waals surface area contributed by atoms with Gasteiger partial charge >= 0.3 is 0 Å². The summed E-state index contributed by atoms with van der Waals surface area (Å²) >= 11 is 0. The second-order valence-electron chi connectivity index (χ2n) is 4.77. The fraction of sp³-hybridized carbons (Fsp3) is 0.769. The number of aromatic nitrogens is 3. The third-order valence-corrected chi connectivity index (χ3v) is 2.73. The van der Waals surface area contributed by atoms with Gasteiger partial charge in [0, 0.05) is 33.8 Å². The van der Waals surface area contributed by atoms with E-state index in [0.717, 1.165) is 38.8 Å². The lowest BCUT2D eigenvalue weighted by Crippen LogP contribution is -2.17. The number of hydrogen-bond acceptors (Lipinski definition) is 7. The minimum atomic E-state index is 0.277. The quantitative estimate of drug-likeness (QED) is 0.558. The average Bonchev–Trinajstić information content (AvgIpc) is 2.43. The van der Waals surface area contributed by atoms with Crippen LogP contribution in [-0.2, 0) is 0 Å². The number of rotatable bonds is 10.